The minimum absolute atomic E-state index is 0.828. The quantitative estimate of drug-likeness (QED) is 0.753. The van der Waals surface area contributed by atoms with Gasteiger partial charge in [0.1, 0.15) is 0 Å². The van der Waals surface area contributed by atoms with Crippen molar-refractivity contribution in [2.45, 2.75) is 24.9 Å². The number of sulfonamides is 1. The molecule has 0 aromatic rings. The first-order chi connectivity index (χ1) is 5.96. The minimum atomic E-state index is -5.65. The number of alkyl halides is 5. The van der Waals surface area contributed by atoms with Crippen LogP contribution in [0.3, 0.4) is 0 Å². The maximum Gasteiger partial charge on any atom is 0.453 e. The van der Waals surface area contributed by atoms with Gasteiger partial charge in [-0.2, -0.15) is 22.0 Å². The highest BCUT2D eigenvalue weighted by Crippen LogP contribution is 2.38. The average Bonchev–Trinajstić information content (AvgIpc) is 1.80. The normalized spacial score (nSPS) is 14.4. The molecule has 0 rings (SSSR count). The zero-order valence-corrected chi connectivity index (χ0v) is 7.63. The van der Waals surface area contributed by atoms with Crippen molar-refractivity contribution in [3.63, 3.8) is 0 Å². The Morgan fingerprint density at radius 3 is 1.79 bits per heavy atom. The average molecular weight is 241 g/mol. The van der Waals surface area contributed by atoms with E-state index in [0.717, 1.165) is 0 Å². The van der Waals surface area contributed by atoms with Crippen LogP contribution >= 0.6 is 0 Å². The Bertz CT molecular complexity index is 283. The second kappa shape index (κ2) is 3.97. The van der Waals surface area contributed by atoms with E-state index in [0.29, 0.717) is 0 Å². The first kappa shape index (κ1) is 13.6. The molecule has 0 heterocycles. The highest BCUT2D eigenvalue weighted by Gasteiger charge is 2.56. The summed E-state index contributed by atoms with van der Waals surface area (Å²) in [7, 11) is -3.99. The predicted molar refractivity (Wildman–Crippen MR) is 38.2 cm³/mol. The molecule has 0 aliphatic heterocycles. The van der Waals surface area contributed by atoms with Gasteiger partial charge in [0.15, 0.2) is 0 Å². The Morgan fingerprint density at radius 1 is 1.07 bits per heavy atom. The fourth-order valence-corrected chi connectivity index (χ4v) is 1.18. The van der Waals surface area contributed by atoms with Gasteiger partial charge in [-0.1, -0.05) is 0 Å². The van der Waals surface area contributed by atoms with E-state index in [-0.39, 0.29) is 0 Å². The molecule has 9 heteroatoms. The van der Waals surface area contributed by atoms with Crippen LogP contribution in [0.1, 0.15) is 12.8 Å². The topological polar surface area (TPSA) is 60.2 Å². The van der Waals surface area contributed by atoms with Crippen molar-refractivity contribution >= 4 is 10.0 Å². The lowest BCUT2D eigenvalue weighted by molar-refractivity contribution is -0.284. The third-order valence-electron chi connectivity index (χ3n) is 1.33. The van der Waals surface area contributed by atoms with E-state index in [1.807, 2.05) is 0 Å². The Labute approximate surface area is 77.1 Å². The highest BCUT2D eigenvalue weighted by atomic mass is 32.2. The van der Waals surface area contributed by atoms with Crippen molar-refractivity contribution in [3.8, 4) is 0 Å². The van der Waals surface area contributed by atoms with Crippen LogP contribution < -0.4 is 5.14 Å². The molecule has 0 aliphatic rings. The summed E-state index contributed by atoms with van der Waals surface area (Å²) in [5, 5.41) is 4.42. The summed E-state index contributed by atoms with van der Waals surface area (Å²) in [6, 6.07) is 0. The molecule has 0 bridgehead atoms. The van der Waals surface area contributed by atoms with Crippen molar-refractivity contribution in [2.75, 3.05) is 5.75 Å². The van der Waals surface area contributed by atoms with Gasteiger partial charge in [-0.3, -0.25) is 0 Å². The van der Waals surface area contributed by atoms with Crippen LogP contribution in [-0.4, -0.2) is 26.3 Å². The summed E-state index contributed by atoms with van der Waals surface area (Å²) in [6.45, 7) is 0. The predicted octanol–water partition coefficient (Wildman–Crippen LogP) is 1.25. The van der Waals surface area contributed by atoms with Crippen molar-refractivity contribution < 1.29 is 30.4 Å². The van der Waals surface area contributed by atoms with Crippen LogP contribution in [0.4, 0.5) is 22.0 Å². The zero-order chi connectivity index (χ0) is 11.6. The lowest BCUT2D eigenvalue weighted by Gasteiger charge is -2.18. The molecule has 3 nitrogen and oxygen atoms in total. The van der Waals surface area contributed by atoms with E-state index in [1.165, 1.54) is 0 Å². The Hall–Kier alpha value is -0.440. The maximum atomic E-state index is 12.1. The number of primary sulfonamides is 1. The Morgan fingerprint density at radius 2 is 1.50 bits per heavy atom. The molecule has 0 aliphatic carbocycles. The summed E-state index contributed by atoms with van der Waals surface area (Å²) in [5.41, 5.74) is 0. The molecule has 0 radical (unpaired) electrons. The standard InChI is InChI=1S/C5H8F5NO2S/c6-4(7,5(8,9)10)2-1-3-14(11,12)13/h1-3H2,(H2,11,12,13). The van der Waals surface area contributed by atoms with Gasteiger partial charge in [0, 0.05) is 6.42 Å². The Kier molecular flexibility index (Phi) is 3.85. The van der Waals surface area contributed by atoms with E-state index >= 15 is 0 Å². The summed E-state index contributed by atoms with van der Waals surface area (Å²) < 4.78 is 79.3. The fraction of sp³-hybridized carbons (Fsp3) is 1.00. The van der Waals surface area contributed by atoms with E-state index in [1.54, 1.807) is 0 Å². The first-order valence-electron chi connectivity index (χ1n) is 3.41. The van der Waals surface area contributed by atoms with Gasteiger partial charge < -0.3 is 0 Å². The van der Waals surface area contributed by atoms with Crippen molar-refractivity contribution in [1.29, 1.82) is 0 Å². The summed E-state index contributed by atoms with van der Waals surface area (Å²) in [5.74, 6) is -5.75. The van der Waals surface area contributed by atoms with Gasteiger partial charge in [-0.15, -0.1) is 0 Å². The van der Waals surface area contributed by atoms with Gasteiger partial charge in [-0.05, 0) is 6.42 Å². The van der Waals surface area contributed by atoms with Gasteiger partial charge >= 0.3 is 12.1 Å². The molecule has 0 amide bonds. The molecule has 0 fully saturated rings. The first-order valence-corrected chi connectivity index (χ1v) is 5.12. The SMILES string of the molecule is NS(=O)(=O)CCCC(F)(F)C(F)(F)F. The maximum absolute atomic E-state index is 12.1. The molecule has 86 valence electrons. The lowest BCUT2D eigenvalue weighted by Crippen LogP contribution is -2.36. The monoisotopic (exact) mass is 241 g/mol. The van der Waals surface area contributed by atoms with Crippen molar-refractivity contribution in [3.05, 3.63) is 0 Å². The summed E-state index contributed by atoms with van der Waals surface area (Å²) >= 11 is 0. The van der Waals surface area contributed by atoms with Crippen molar-refractivity contribution in [1.82, 2.24) is 0 Å². The number of rotatable bonds is 4. The number of halogens is 5. The van der Waals surface area contributed by atoms with E-state index in [4.69, 9.17) is 0 Å². The molecule has 0 unspecified atom stereocenters. The smallest absolute Gasteiger partial charge is 0.229 e. The molecular weight excluding hydrogens is 233 g/mol. The number of hydrogen-bond acceptors (Lipinski definition) is 2. The summed E-state index contributed by atoms with van der Waals surface area (Å²) in [6.07, 6.45) is -8.05. The molecule has 0 atom stereocenters. The molecule has 0 spiro atoms. The third kappa shape index (κ3) is 4.70. The van der Waals surface area contributed by atoms with Gasteiger partial charge in [0.2, 0.25) is 10.0 Å². The lowest BCUT2D eigenvalue weighted by atomic mass is 10.2. The Balaban J connectivity index is 4.15. The fourth-order valence-electron chi connectivity index (χ4n) is 0.637. The summed E-state index contributed by atoms with van der Waals surface area (Å²) in [4.78, 5) is 0. The van der Waals surface area contributed by atoms with Crippen LogP contribution in [0.5, 0.6) is 0 Å². The number of hydrogen-bond donors (Lipinski definition) is 1. The van der Waals surface area contributed by atoms with Gasteiger partial charge in [0.05, 0.1) is 5.75 Å². The minimum Gasteiger partial charge on any atom is -0.229 e. The van der Waals surface area contributed by atoms with Crippen LogP contribution in [0, 0.1) is 0 Å². The molecule has 0 aromatic carbocycles. The van der Waals surface area contributed by atoms with E-state index in [2.05, 4.69) is 5.14 Å². The molecular formula is C5H8F5NO2S. The zero-order valence-electron chi connectivity index (χ0n) is 6.81. The second-order valence-electron chi connectivity index (χ2n) is 2.67. The molecule has 0 saturated carbocycles. The van der Waals surface area contributed by atoms with E-state index < -0.39 is 40.7 Å². The molecule has 2 N–H and O–H groups in total. The van der Waals surface area contributed by atoms with Crippen LogP contribution in [-0.2, 0) is 10.0 Å². The van der Waals surface area contributed by atoms with Gasteiger partial charge in [0.25, 0.3) is 0 Å². The molecule has 0 saturated heterocycles. The van der Waals surface area contributed by atoms with E-state index in [9.17, 15) is 30.4 Å². The van der Waals surface area contributed by atoms with Gasteiger partial charge in [-0.25, -0.2) is 13.6 Å². The van der Waals surface area contributed by atoms with Crippen LogP contribution in [0.15, 0.2) is 0 Å². The number of nitrogens with two attached hydrogens (primary N) is 1. The van der Waals surface area contributed by atoms with Crippen LogP contribution in [0.2, 0.25) is 0 Å². The van der Waals surface area contributed by atoms with Crippen molar-refractivity contribution in [2.24, 2.45) is 5.14 Å². The van der Waals surface area contributed by atoms with Crippen LogP contribution in [0.25, 0.3) is 0 Å². The highest BCUT2D eigenvalue weighted by molar-refractivity contribution is 7.89. The third-order valence-corrected chi connectivity index (χ3v) is 2.19. The second-order valence-corrected chi connectivity index (χ2v) is 4.41. The molecule has 0 aromatic heterocycles. The largest absolute Gasteiger partial charge is 0.453 e. The molecule has 14 heavy (non-hydrogen) atoms.